The molecule has 0 unspecified atom stereocenters. The van der Waals surface area contributed by atoms with Crippen LogP contribution in [-0.4, -0.2) is 25.0 Å². The highest BCUT2D eigenvalue weighted by Gasteiger charge is 2.24. The lowest BCUT2D eigenvalue weighted by Gasteiger charge is -2.12. The van der Waals surface area contributed by atoms with E-state index in [1.165, 1.54) is 11.1 Å². The van der Waals surface area contributed by atoms with Crippen LogP contribution in [0.1, 0.15) is 11.1 Å². The number of ether oxygens (including phenoxy) is 2. The lowest BCUT2D eigenvalue weighted by Crippen LogP contribution is -2.25. The lowest BCUT2D eigenvalue weighted by molar-refractivity contribution is 0.355. The summed E-state index contributed by atoms with van der Waals surface area (Å²) in [5.74, 6) is 1.28. The number of fused-ring (bicyclic) bond motifs is 3. The van der Waals surface area contributed by atoms with Gasteiger partial charge in [-0.3, -0.25) is 5.43 Å². The van der Waals surface area contributed by atoms with Gasteiger partial charge in [0.25, 0.3) is 0 Å². The van der Waals surface area contributed by atoms with Gasteiger partial charge >= 0.3 is 0 Å². The van der Waals surface area contributed by atoms with Gasteiger partial charge in [0.1, 0.15) is 0 Å². The molecule has 0 amide bonds. The fourth-order valence-electron chi connectivity index (χ4n) is 3.29. The van der Waals surface area contributed by atoms with Gasteiger partial charge in [-0.05, 0) is 35.5 Å². The van der Waals surface area contributed by atoms with Crippen molar-refractivity contribution in [3.8, 4) is 22.6 Å². The lowest BCUT2D eigenvalue weighted by atomic mass is 10.1. The average Bonchev–Trinajstić information content (AvgIpc) is 3.06. The van der Waals surface area contributed by atoms with Crippen LogP contribution >= 0.6 is 12.2 Å². The molecule has 3 aromatic carbocycles. The number of thiocarbonyl (C=S) groups is 1. The number of anilines is 1. The minimum absolute atomic E-state index is 0.390. The minimum atomic E-state index is 0.390. The van der Waals surface area contributed by atoms with Crippen molar-refractivity contribution in [2.45, 2.75) is 0 Å². The van der Waals surface area contributed by atoms with Crippen LogP contribution in [0.15, 0.2) is 71.8 Å². The van der Waals surface area contributed by atoms with Crippen LogP contribution in [0.4, 0.5) is 5.69 Å². The number of nitrogens with one attached hydrogen (secondary N) is 2. The predicted octanol–water partition coefficient (Wildman–Crippen LogP) is 4.42. The van der Waals surface area contributed by atoms with Crippen LogP contribution in [0.2, 0.25) is 0 Å². The van der Waals surface area contributed by atoms with E-state index in [1.54, 1.807) is 14.2 Å². The van der Waals surface area contributed by atoms with E-state index in [-0.39, 0.29) is 0 Å². The van der Waals surface area contributed by atoms with E-state index in [0.29, 0.717) is 16.6 Å². The van der Waals surface area contributed by atoms with E-state index in [9.17, 15) is 0 Å². The SMILES string of the molecule is COc1ccc(NC(=S)NN=C2c3ccccc3-c3ccccc32)cc1OC. The van der Waals surface area contributed by atoms with Crippen LogP contribution in [0.25, 0.3) is 11.1 Å². The van der Waals surface area contributed by atoms with Gasteiger partial charge in [-0.2, -0.15) is 5.10 Å². The highest BCUT2D eigenvalue weighted by molar-refractivity contribution is 7.80. The normalized spacial score (nSPS) is 11.3. The molecule has 2 N–H and O–H groups in total. The van der Waals surface area contributed by atoms with Gasteiger partial charge in [-0.25, -0.2) is 0 Å². The minimum Gasteiger partial charge on any atom is -0.493 e. The molecule has 0 bridgehead atoms. The maximum absolute atomic E-state index is 5.41. The molecule has 0 radical (unpaired) electrons. The van der Waals surface area contributed by atoms with Crippen LogP contribution in [-0.2, 0) is 0 Å². The van der Waals surface area contributed by atoms with E-state index in [1.807, 2.05) is 42.5 Å². The summed E-state index contributed by atoms with van der Waals surface area (Å²) in [7, 11) is 3.20. The largest absolute Gasteiger partial charge is 0.493 e. The maximum Gasteiger partial charge on any atom is 0.191 e. The first-order chi connectivity index (χ1) is 13.7. The zero-order valence-electron chi connectivity index (χ0n) is 15.5. The molecule has 0 spiro atoms. The molecule has 140 valence electrons. The van der Waals surface area contributed by atoms with Crippen molar-refractivity contribution >= 4 is 28.7 Å². The van der Waals surface area contributed by atoms with E-state index in [0.717, 1.165) is 22.5 Å². The van der Waals surface area contributed by atoms with Gasteiger partial charge in [0, 0.05) is 22.9 Å². The summed E-state index contributed by atoms with van der Waals surface area (Å²) in [4.78, 5) is 0. The van der Waals surface area contributed by atoms with E-state index >= 15 is 0 Å². The number of methoxy groups -OCH3 is 2. The van der Waals surface area contributed by atoms with Crippen molar-refractivity contribution in [2.75, 3.05) is 19.5 Å². The predicted molar refractivity (Wildman–Crippen MR) is 116 cm³/mol. The molecule has 5 nitrogen and oxygen atoms in total. The number of hydrogen-bond acceptors (Lipinski definition) is 4. The molecule has 0 heterocycles. The van der Waals surface area contributed by atoms with Crippen molar-refractivity contribution in [1.82, 2.24) is 5.43 Å². The summed E-state index contributed by atoms with van der Waals surface area (Å²) in [6, 6.07) is 22.0. The Balaban J connectivity index is 1.56. The fraction of sp³-hybridized carbons (Fsp3) is 0.0909. The quantitative estimate of drug-likeness (QED) is 0.400. The maximum atomic E-state index is 5.41. The highest BCUT2D eigenvalue weighted by atomic mass is 32.1. The second-order valence-corrected chi connectivity index (χ2v) is 6.60. The third-order valence-electron chi connectivity index (χ3n) is 4.57. The molecule has 0 fully saturated rings. The van der Waals surface area contributed by atoms with Crippen molar-refractivity contribution < 1.29 is 9.47 Å². The molecule has 28 heavy (non-hydrogen) atoms. The Morgan fingerprint density at radius 2 is 1.36 bits per heavy atom. The monoisotopic (exact) mass is 389 g/mol. The first kappa shape index (κ1) is 18.0. The molecule has 6 heteroatoms. The second-order valence-electron chi connectivity index (χ2n) is 6.19. The van der Waals surface area contributed by atoms with Crippen molar-refractivity contribution in [2.24, 2.45) is 5.10 Å². The summed E-state index contributed by atoms with van der Waals surface area (Å²) in [6.07, 6.45) is 0. The Morgan fingerprint density at radius 3 is 1.93 bits per heavy atom. The Labute approximate surface area is 169 Å². The topological polar surface area (TPSA) is 54.9 Å². The van der Waals surface area contributed by atoms with E-state index in [2.05, 4.69) is 40.1 Å². The number of hydrazone groups is 1. The number of nitrogens with zero attached hydrogens (tertiary/aromatic N) is 1. The fourth-order valence-corrected chi connectivity index (χ4v) is 3.46. The Kier molecular flexibility index (Phi) is 4.95. The highest BCUT2D eigenvalue weighted by Crippen LogP contribution is 2.36. The number of hydrogen-bond donors (Lipinski definition) is 2. The van der Waals surface area contributed by atoms with Gasteiger partial charge in [-0.1, -0.05) is 48.5 Å². The van der Waals surface area contributed by atoms with Gasteiger partial charge in [0.2, 0.25) is 0 Å². The molecule has 3 aromatic rings. The summed E-state index contributed by atoms with van der Waals surface area (Å²) < 4.78 is 10.6. The van der Waals surface area contributed by atoms with Gasteiger partial charge < -0.3 is 14.8 Å². The molecule has 4 rings (SSSR count). The van der Waals surface area contributed by atoms with Gasteiger partial charge in [0.15, 0.2) is 16.6 Å². The number of rotatable bonds is 4. The third kappa shape index (κ3) is 3.30. The molecule has 1 aliphatic rings. The van der Waals surface area contributed by atoms with Gasteiger partial charge in [-0.15, -0.1) is 0 Å². The zero-order valence-corrected chi connectivity index (χ0v) is 16.3. The van der Waals surface area contributed by atoms with Crippen LogP contribution in [0.3, 0.4) is 0 Å². The summed E-state index contributed by atoms with van der Waals surface area (Å²) in [5, 5.41) is 8.09. The van der Waals surface area contributed by atoms with Crippen molar-refractivity contribution in [3.63, 3.8) is 0 Å². The Morgan fingerprint density at radius 1 is 0.786 bits per heavy atom. The van der Waals surface area contributed by atoms with E-state index in [4.69, 9.17) is 21.7 Å². The molecule has 0 aliphatic heterocycles. The Hall–Kier alpha value is -3.38. The summed E-state index contributed by atoms with van der Waals surface area (Å²) in [5.41, 5.74) is 9.15. The second kappa shape index (κ2) is 7.70. The molecule has 0 saturated carbocycles. The molecule has 0 saturated heterocycles. The molecular formula is C22H19N3O2S. The molecular weight excluding hydrogens is 370 g/mol. The van der Waals surface area contributed by atoms with Gasteiger partial charge in [0.05, 0.1) is 19.9 Å². The Bertz CT molecular complexity index is 1030. The third-order valence-corrected chi connectivity index (χ3v) is 4.76. The van der Waals surface area contributed by atoms with Crippen LogP contribution < -0.4 is 20.2 Å². The molecule has 1 aliphatic carbocycles. The molecule has 0 atom stereocenters. The van der Waals surface area contributed by atoms with Crippen molar-refractivity contribution in [1.29, 1.82) is 0 Å². The molecule has 0 aromatic heterocycles. The summed E-state index contributed by atoms with van der Waals surface area (Å²) in [6.45, 7) is 0. The van der Waals surface area contributed by atoms with Crippen LogP contribution in [0, 0.1) is 0 Å². The van der Waals surface area contributed by atoms with E-state index < -0.39 is 0 Å². The average molecular weight is 389 g/mol. The standard InChI is InChI=1S/C22H19N3O2S/c1-26-19-12-11-14(13-20(19)27-2)23-22(28)25-24-21-17-9-5-3-7-15(17)16-8-4-6-10-18(16)21/h3-13H,1-2H3,(H2,23,25,28). The first-order valence-electron chi connectivity index (χ1n) is 8.77. The zero-order chi connectivity index (χ0) is 19.5. The first-order valence-corrected chi connectivity index (χ1v) is 9.18. The van der Waals surface area contributed by atoms with Crippen LogP contribution in [0.5, 0.6) is 11.5 Å². The number of benzene rings is 3. The van der Waals surface area contributed by atoms with Crippen molar-refractivity contribution in [3.05, 3.63) is 77.9 Å². The summed E-state index contributed by atoms with van der Waals surface area (Å²) >= 11 is 5.41. The smallest absolute Gasteiger partial charge is 0.191 e.